The zero-order valence-corrected chi connectivity index (χ0v) is 9.61. The van der Waals surface area contributed by atoms with Gasteiger partial charge in [-0.25, -0.2) is 5.01 Å². The van der Waals surface area contributed by atoms with Crippen LogP contribution in [0.5, 0.6) is 0 Å². The van der Waals surface area contributed by atoms with Crippen LogP contribution in [0.3, 0.4) is 0 Å². The molecule has 1 heterocycles. The highest BCUT2D eigenvalue weighted by Crippen LogP contribution is 2.24. The van der Waals surface area contributed by atoms with Crippen molar-refractivity contribution in [3.63, 3.8) is 0 Å². The number of halogens is 1. The van der Waals surface area contributed by atoms with Crippen molar-refractivity contribution in [3.8, 4) is 0 Å². The van der Waals surface area contributed by atoms with Crippen LogP contribution >= 0.6 is 11.6 Å². The minimum atomic E-state index is -0.296. The van der Waals surface area contributed by atoms with E-state index in [2.05, 4.69) is 5.10 Å². The average molecular weight is 238 g/mol. The summed E-state index contributed by atoms with van der Waals surface area (Å²) in [5.74, 6) is -0.377. The van der Waals surface area contributed by atoms with Gasteiger partial charge in [0, 0.05) is 17.3 Å². The largest absolute Gasteiger partial charge is 0.329 e. The van der Waals surface area contributed by atoms with Gasteiger partial charge in [-0.2, -0.15) is 5.10 Å². The maximum atomic E-state index is 11.9. The molecule has 0 radical (unpaired) electrons. The number of rotatable bonds is 2. The molecule has 4 nitrogen and oxygen atoms in total. The van der Waals surface area contributed by atoms with E-state index < -0.39 is 0 Å². The van der Waals surface area contributed by atoms with E-state index in [1.807, 2.05) is 6.92 Å². The molecule has 2 rings (SSSR count). The molecule has 1 aromatic carbocycles. The number of benzene rings is 1. The van der Waals surface area contributed by atoms with Crippen molar-refractivity contribution in [2.24, 2.45) is 16.8 Å². The standard InChI is InChI=1S/C11H12ClN3O/c1-7-10(6-13)11(16)15(14-7)9-4-2-8(12)3-5-9/h2-5,10H,6,13H2,1H3. The van der Waals surface area contributed by atoms with Crippen LogP contribution in [0.2, 0.25) is 5.02 Å². The Balaban J connectivity index is 2.30. The quantitative estimate of drug-likeness (QED) is 0.850. The third-order valence-corrected chi connectivity index (χ3v) is 2.83. The van der Waals surface area contributed by atoms with Gasteiger partial charge in [0.15, 0.2) is 0 Å². The lowest BCUT2D eigenvalue weighted by atomic mass is 10.1. The van der Waals surface area contributed by atoms with Crippen LogP contribution < -0.4 is 10.7 Å². The van der Waals surface area contributed by atoms with Gasteiger partial charge in [-0.15, -0.1) is 0 Å². The fraction of sp³-hybridized carbons (Fsp3) is 0.273. The number of nitrogens with zero attached hydrogens (tertiary/aromatic N) is 2. The Kier molecular flexibility index (Phi) is 2.94. The van der Waals surface area contributed by atoms with Gasteiger partial charge in [0.1, 0.15) is 0 Å². The van der Waals surface area contributed by atoms with Crippen LogP contribution in [0.25, 0.3) is 0 Å². The maximum absolute atomic E-state index is 11.9. The van der Waals surface area contributed by atoms with Crippen LogP contribution in [0.1, 0.15) is 6.92 Å². The molecule has 16 heavy (non-hydrogen) atoms. The smallest absolute Gasteiger partial charge is 0.257 e. The normalized spacial score (nSPS) is 20.2. The Morgan fingerprint density at radius 1 is 1.44 bits per heavy atom. The van der Waals surface area contributed by atoms with Crippen molar-refractivity contribution in [3.05, 3.63) is 29.3 Å². The number of carbonyl (C=O) groups excluding carboxylic acids is 1. The zero-order chi connectivity index (χ0) is 11.7. The molecule has 0 aromatic heterocycles. The average Bonchev–Trinajstić information content (AvgIpc) is 2.55. The Bertz CT molecular complexity index is 441. The monoisotopic (exact) mass is 237 g/mol. The molecule has 1 aliphatic rings. The lowest BCUT2D eigenvalue weighted by molar-refractivity contribution is -0.119. The Labute approximate surface area is 98.7 Å². The Hall–Kier alpha value is -1.39. The summed E-state index contributed by atoms with van der Waals surface area (Å²) in [5.41, 5.74) is 6.99. The van der Waals surface area contributed by atoms with Gasteiger partial charge >= 0.3 is 0 Å². The highest BCUT2D eigenvalue weighted by atomic mass is 35.5. The molecule has 1 atom stereocenters. The number of anilines is 1. The number of amides is 1. The predicted octanol–water partition coefficient (Wildman–Crippen LogP) is 1.64. The molecular formula is C11H12ClN3O. The molecule has 1 aromatic rings. The molecule has 0 saturated heterocycles. The van der Waals surface area contributed by atoms with E-state index in [0.29, 0.717) is 10.7 Å². The topological polar surface area (TPSA) is 58.7 Å². The van der Waals surface area contributed by atoms with E-state index in [4.69, 9.17) is 17.3 Å². The molecule has 0 spiro atoms. The summed E-state index contributed by atoms with van der Waals surface area (Å²) >= 11 is 5.78. The molecule has 0 aliphatic carbocycles. The molecule has 84 valence electrons. The molecule has 5 heteroatoms. The van der Waals surface area contributed by atoms with Crippen LogP contribution in [-0.2, 0) is 4.79 Å². The molecule has 0 saturated carbocycles. The minimum absolute atomic E-state index is 0.0812. The predicted molar refractivity (Wildman–Crippen MR) is 64.6 cm³/mol. The molecule has 2 N–H and O–H groups in total. The van der Waals surface area contributed by atoms with Crippen LogP contribution in [0, 0.1) is 5.92 Å². The maximum Gasteiger partial charge on any atom is 0.257 e. The van der Waals surface area contributed by atoms with Gasteiger partial charge in [-0.05, 0) is 31.2 Å². The highest BCUT2D eigenvalue weighted by Gasteiger charge is 2.32. The lowest BCUT2D eigenvalue weighted by Gasteiger charge is -2.13. The van der Waals surface area contributed by atoms with E-state index in [1.165, 1.54) is 5.01 Å². The highest BCUT2D eigenvalue weighted by molar-refractivity contribution is 6.30. The summed E-state index contributed by atoms with van der Waals surface area (Å²) in [6, 6.07) is 6.97. The summed E-state index contributed by atoms with van der Waals surface area (Å²) in [6.45, 7) is 2.10. The van der Waals surface area contributed by atoms with Gasteiger partial charge in [0.2, 0.25) is 0 Å². The van der Waals surface area contributed by atoms with Gasteiger partial charge in [0.25, 0.3) is 5.91 Å². The van der Waals surface area contributed by atoms with Crippen molar-refractivity contribution in [1.82, 2.24) is 0 Å². The van der Waals surface area contributed by atoms with E-state index >= 15 is 0 Å². The van der Waals surface area contributed by atoms with Gasteiger partial charge in [0.05, 0.1) is 11.6 Å². The fourth-order valence-corrected chi connectivity index (χ4v) is 1.77. The van der Waals surface area contributed by atoms with Gasteiger partial charge in [-0.3, -0.25) is 4.79 Å². The van der Waals surface area contributed by atoms with Crippen molar-refractivity contribution in [1.29, 1.82) is 0 Å². The summed E-state index contributed by atoms with van der Waals surface area (Å²) in [4.78, 5) is 11.9. The molecule has 1 aliphatic heterocycles. The van der Waals surface area contributed by atoms with E-state index in [1.54, 1.807) is 24.3 Å². The van der Waals surface area contributed by atoms with Gasteiger partial charge in [-0.1, -0.05) is 11.6 Å². The van der Waals surface area contributed by atoms with Crippen LogP contribution in [-0.4, -0.2) is 18.2 Å². The summed E-state index contributed by atoms with van der Waals surface area (Å²) < 4.78 is 0. The minimum Gasteiger partial charge on any atom is -0.329 e. The van der Waals surface area contributed by atoms with E-state index in [0.717, 1.165) is 5.71 Å². The first-order valence-corrected chi connectivity index (χ1v) is 5.36. The number of hydrogen-bond donors (Lipinski definition) is 1. The third kappa shape index (κ3) is 1.81. The number of hydrazone groups is 1. The number of nitrogens with two attached hydrogens (primary N) is 1. The first-order chi connectivity index (χ1) is 7.63. The molecule has 0 bridgehead atoms. The first-order valence-electron chi connectivity index (χ1n) is 4.98. The molecule has 1 unspecified atom stereocenters. The molecule has 0 fully saturated rings. The zero-order valence-electron chi connectivity index (χ0n) is 8.85. The Morgan fingerprint density at radius 2 is 2.06 bits per heavy atom. The van der Waals surface area contributed by atoms with Crippen molar-refractivity contribution < 1.29 is 4.79 Å². The lowest BCUT2D eigenvalue weighted by Crippen LogP contribution is -2.32. The second-order valence-corrected chi connectivity index (χ2v) is 4.09. The Morgan fingerprint density at radius 3 is 2.56 bits per heavy atom. The van der Waals surface area contributed by atoms with Crippen LogP contribution in [0.4, 0.5) is 5.69 Å². The summed E-state index contributed by atoms with van der Waals surface area (Å²) in [7, 11) is 0. The second-order valence-electron chi connectivity index (χ2n) is 3.66. The van der Waals surface area contributed by atoms with Crippen molar-refractivity contribution in [2.75, 3.05) is 11.6 Å². The van der Waals surface area contributed by atoms with Gasteiger partial charge < -0.3 is 5.73 Å². The second kappa shape index (κ2) is 4.23. The number of hydrogen-bond acceptors (Lipinski definition) is 3. The molecular weight excluding hydrogens is 226 g/mol. The van der Waals surface area contributed by atoms with E-state index in [-0.39, 0.29) is 18.4 Å². The summed E-state index contributed by atoms with van der Waals surface area (Å²) in [6.07, 6.45) is 0. The van der Waals surface area contributed by atoms with Crippen molar-refractivity contribution in [2.45, 2.75) is 6.92 Å². The summed E-state index contributed by atoms with van der Waals surface area (Å²) in [5, 5.41) is 6.21. The third-order valence-electron chi connectivity index (χ3n) is 2.58. The fourth-order valence-electron chi connectivity index (χ4n) is 1.64. The SMILES string of the molecule is CC1=NN(c2ccc(Cl)cc2)C(=O)C1CN. The molecule has 1 amide bonds. The van der Waals surface area contributed by atoms with E-state index in [9.17, 15) is 4.79 Å². The first kappa shape index (κ1) is 11.1. The van der Waals surface area contributed by atoms with Crippen molar-refractivity contribution >= 4 is 28.9 Å². The van der Waals surface area contributed by atoms with Crippen LogP contribution in [0.15, 0.2) is 29.4 Å². The number of carbonyl (C=O) groups is 1.